The zero-order valence-electron chi connectivity index (χ0n) is 18.1. The molecule has 1 aromatic carbocycles. The van der Waals surface area contributed by atoms with Gasteiger partial charge in [-0.1, -0.05) is 29.8 Å². The average molecular weight is 396 g/mol. The smallest absolute Gasteiger partial charge is 0.236 e. The van der Waals surface area contributed by atoms with Crippen molar-refractivity contribution in [2.45, 2.75) is 40.2 Å². The highest BCUT2D eigenvalue weighted by molar-refractivity contribution is 5.78. The topological polar surface area (TPSA) is 45.7 Å². The molecule has 0 unspecified atom stereocenters. The molecule has 2 aromatic rings. The Morgan fingerprint density at radius 3 is 2.55 bits per heavy atom. The predicted octanol–water partition coefficient (Wildman–Crippen LogP) is 3.53. The molecule has 5 nitrogen and oxygen atoms in total. The lowest BCUT2D eigenvalue weighted by atomic mass is 10.0. The van der Waals surface area contributed by atoms with Crippen LogP contribution in [0.4, 0.5) is 0 Å². The summed E-state index contributed by atoms with van der Waals surface area (Å²) in [7, 11) is 0. The van der Waals surface area contributed by atoms with E-state index in [1.165, 1.54) is 16.7 Å². The number of likely N-dealkylation sites (N-methyl/N-ethyl adjacent to an activating group) is 1. The van der Waals surface area contributed by atoms with Gasteiger partial charge >= 0.3 is 0 Å². The van der Waals surface area contributed by atoms with Crippen LogP contribution in [-0.4, -0.2) is 60.0 Å². The molecule has 2 heterocycles. The summed E-state index contributed by atoms with van der Waals surface area (Å²) in [6.45, 7) is 12.3. The van der Waals surface area contributed by atoms with E-state index in [1.807, 2.05) is 25.7 Å². The van der Waals surface area contributed by atoms with Crippen molar-refractivity contribution in [3.63, 3.8) is 0 Å². The molecule has 1 atom stereocenters. The Kier molecular flexibility index (Phi) is 7.40. The van der Waals surface area contributed by atoms with Crippen molar-refractivity contribution in [2.24, 2.45) is 0 Å². The van der Waals surface area contributed by atoms with Crippen molar-refractivity contribution >= 4 is 5.91 Å². The molecule has 0 saturated carbocycles. The normalized spacial score (nSPS) is 17.3. The highest BCUT2D eigenvalue weighted by atomic mass is 16.5. The van der Waals surface area contributed by atoms with Crippen LogP contribution >= 0.6 is 0 Å². The summed E-state index contributed by atoms with van der Waals surface area (Å²) in [4.78, 5) is 21.3. The average Bonchev–Trinajstić information content (AvgIpc) is 2.70. The zero-order valence-corrected chi connectivity index (χ0v) is 18.1. The fraction of sp³-hybridized carbons (Fsp3) is 0.500. The number of hydrogen-bond acceptors (Lipinski definition) is 4. The Hall–Kier alpha value is -2.24. The summed E-state index contributed by atoms with van der Waals surface area (Å²) >= 11 is 0. The van der Waals surface area contributed by atoms with Crippen LogP contribution in [0.15, 0.2) is 36.4 Å². The highest BCUT2D eigenvalue weighted by Crippen LogP contribution is 2.23. The molecular weight excluding hydrogens is 362 g/mol. The van der Waals surface area contributed by atoms with Gasteiger partial charge in [0.2, 0.25) is 5.91 Å². The second-order valence-corrected chi connectivity index (χ2v) is 7.86. The number of aromatic nitrogens is 1. The molecule has 1 fully saturated rings. The minimum atomic E-state index is -0.0927. The molecule has 1 saturated heterocycles. The maximum absolute atomic E-state index is 12.5. The predicted molar refractivity (Wildman–Crippen MR) is 116 cm³/mol. The molecule has 5 heteroatoms. The largest absolute Gasteiger partial charge is 0.369 e. The summed E-state index contributed by atoms with van der Waals surface area (Å²) in [5, 5.41) is 0. The number of rotatable bonds is 7. The standard InChI is InChI=1S/C24H33N3O2/c1-5-27(6-2)24(28)17-26-11-12-29-23(16-26)22-15-21(13-19(4)25-22)14-20-9-7-18(3)8-10-20/h7-10,13,15,23H,5-6,11-12,14,16-17H2,1-4H3/t23-/m1/s1. The summed E-state index contributed by atoms with van der Waals surface area (Å²) in [6.07, 6.45) is 0.790. The lowest BCUT2D eigenvalue weighted by Crippen LogP contribution is -2.45. The van der Waals surface area contributed by atoms with Crippen LogP contribution in [0.5, 0.6) is 0 Å². The number of carbonyl (C=O) groups excluding carboxylic acids is 1. The number of benzene rings is 1. The van der Waals surface area contributed by atoms with E-state index in [1.54, 1.807) is 0 Å². The van der Waals surface area contributed by atoms with Crippen LogP contribution in [0.1, 0.15) is 48.0 Å². The molecule has 0 spiro atoms. The van der Waals surface area contributed by atoms with E-state index in [4.69, 9.17) is 9.72 Å². The Bertz CT molecular complexity index is 815. The SMILES string of the molecule is CCN(CC)C(=O)CN1CCO[C@@H](c2cc(Cc3ccc(C)cc3)cc(C)n2)C1. The zero-order chi connectivity index (χ0) is 20.8. The van der Waals surface area contributed by atoms with Gasteiger partial charge in [0.1, 0.15) is 6.10 Å². The van der Waals surface area contributed by atoms with E-state index < -0.39 is 0 Å². The van der Waals surface area contributed by atoms with Crippen LogP contribution in [0.2, 0.25) is 0 Å². The molecule has 29 heavy (non-hydrogen) atoms. The molecule has 1 aliphatic rings. The number of nitrogens with zero attached hydrogens (tertiary/aromatic N) is 3. The summed E-state index contributed by atoms with van der Waals surface area (Å²) in [6, 6.07) is 13.0. The fourth-order valence-electron chi connectivity index (χ4n) is 3.87. The Morgan fingerprint density at radius 1 is 1.14 bits per heavy atom. The third kappa shape index (κ3) is 5.87. The molecule has 0 N–H and O–H groups in total. The number of aryl methyl sites for hydroxylation is 2. The van der Waals surface area contributed by atoms with Crippen LogP contribution in [-0.2, 0) is 16.0 Å². The number of pyridine rings is 1. The van der Waals surface area contributed by atoms with E-state index in [-0.39, 0.29) is 12.0 Å². The van der Waals surface area contributed by atoms with E-state index in [0.29, 0.717) is 19.7 Å². The quantitative estimate of drug-likeness (QED) is 0.719. The molecule has 156 valence electrons. The first-order valence-electron chi connectivity index (χ1n) is 10.6. The molecule has 1 aromatic heterocycles. The van der Waals surface area contributed by atoms with Gasteiger partial charge in [0.05, 0.1) is 18.8 Å². The fourth-order valence-corrected chi connectivity index (χ4v) is 3.87. The van der Waals surface area contributed by atoms with Crippen LogP contribution in [0, 0.1) is 13.8 Å². The Balaban J connectivity index is 1.70. The number of hydrogen-bond donors (Lipinski definition) is 0. The molecule has 1 aliphatic heterocycles. The van der Waals surface area contributed by atoms with Gasteiger partial charge in [0.15, 0.2) is 0 Å². The lowest BCUT2D eigenvalue weighted by Gasteiger charge is -2.33. The Morgan fingerprint density at radius 2 is 1.86 bits per heavy atom. The first-order chi connectivity index (χ1) is 14.0. The van der Waals surface area contributed by atoms with Gasteiger partial charge in [-0.2, -0.15) is 0 Å². The van der Waals surface area contributed by atoms with Crippen molar-refractivity contribution in [3.05, 3.63) is 64.5 Å². The monoisotopic (exact) mass is 395 g/mol. The van der Waals surface area contributed by atoms with Gasteiger partial charge in [0.25, 0.3) is 0 Å². The summed E-state index contributed by atoms with van der Waals surface area (Å²) in [5.74, 6) is 0.188. The molecule has 0 radical (unpaired) electrons. The first kappa shape index (κ1) is 21.5. The van der Waals surface area contributed by atoms with Gasteiger partial charge in [-0.25, -0.2) is 0 Å². The van der Waals surface area contributed by atoms with Crippen molar-refractivity contribution < 1.29 is 9.53 Å². The van der Waals surface area contributed by atoms with Crippen molar-refractivity contribution in [3.8, 4) is 0 Å². The van der Waals surface area contributed by atoms with Crippen molar-refractivity contribution in [1.29, 1.82) is 0 Å². The Labute approximate surface area is 174 Å². The maximum atomic E-state index is 12.5. The number of carbonyl (C=O) groups is 1. The van der Waals surface area contributed by atoms with Crippen LogP contribution in [0.25, 0.3) is 0 Å². The number of amides is 1. The minimum absolute atomic E-state index is 0.0927. The second kappa shape index (κ2) is 9.99. The third-order valence-electron chi connectivity index (χ3n) is 5.52. The highest BCUT2D eigenvalue weighted by Gasteiger charge is 2.26. The third-order valence-corrected chi connectivity index (χ3v) is 5.52. The van der Waals surface area contributed by atoms with Gasteiger partial charge in [-0.15, -0.1) is 0 Å². The van der Waals surface area contributed by atoms with Crippen molar-refractivity contribution in [1.82, 2.24) is 14.8 Å². The maximum Gasteiger partial charge on any atom is 0.236 e. The first-order valence-corrected chi connectivity index (χ1v) is 10.6. The summed E-state index contributed by atoms with van der Waals surface area (Å²) < 4.78 is 6.04. The van der Waals surface area contributed by atoms with E-state index in [2.05, 4.69) is 48.2 Å². The van der Waals surface area contributed by atoms with Crippen molar-refractivity contribution in [2.75, 3.05) is 39.3 Å². The van der Waals surface area contributed by atoms with Crippen LogP contribution < -0.4 is 0 Å². The van der Waals surface area contributed by atoms with E-state index in [0.717, 1.165) is 37.4 Å². The molecule has 0 aliphatic carbocycles. The molecular formula is C24H33N3O2. The lowest BCUT2D eigenvalue weighted by molar-refractivity contribution is -0.134. The summed E-state index contributed by atoms with van der Waals surface area (Å²) in [5.41, 5.74) is 5.78. The van der Waals surface area contributed by atoms with Gasteiger partial charge < -0.3 is 9.64 Å². The number of ether oxygens (including phenoxy) is 1. The van der Waals surface area contributed by atoms with Gasteiger partial charge in [-0.05, 0) is 57.4 Å². The molecule has 3 rings (SSSR count). The minimum Gasteiger partial charge on any atom is -0.369 e. The van der Waals surface area contributed by atoms with Gasteiger partial charge in [0, 0.05) is 31.9 Å². The van der Waals surface area contributed by atoms with E-state index in [9.17, 15) is 4.79 Å². The molecule has 0 bridgehead atoms. The molecule has 1 amide bonds. The van der Waals surface area contributed by atoms with E-state index >= 15 is 0 Å². The van der Waals surface area contributed by atoms with Crippen LogP contribution in [0.3, 0.4) is 0 Å². The second-order valence-electron chi connectivity index (χ2n) is 7.86. The number of morpholine rings is 1. The van der Waals surface area contributed by atoms with Gasteiger partial charge in [-0.3, -0.25) is 14.7 Å².